The third kappa shape index (κ3) is 9.12. The fourth-order valence-corrected chi connectivity index (χ4v) is 5.17. The van der Waals surface area contributed by atoms with E-state index in [0.717, 1.165) is 24.0 Å². The summed E-state index contributed by atoms with van der Waals surface area (Å²) in [5.74, 6) is -2.77. The van der Waals surface area contributed by atoms with Gasteiger partial charge in [-0.15, -0.1) is 0 Å². The number of alkyl halides is 3. The SMILES string of the molecule is O=C(O)CCCN1CC(C(=O)NS(=O)(=O)C(F)(F)F)Oc2c(NC(=O)c3ccc(OCCCCc4ccccc4)cc3)cccc21. The van der Waals surface area contributed by atoms with E-state index in [2.05, 4.69) is 17.4 Å². The minimum Gasteiger partial charge on any atom is -0.494 e. The first-order valence-corrected chi connectivity index (χ1v) is 15.8. The van der Waals surface area contributed by atoms with Crippen molar-refractivity contribution in [3.63, 3.8) is 0 Å². The highest BCUT2D eigenvalue weighted by Gasteiger charge is 2.48. The summed E-state index contributed by atoms with van der Waals surface area (Å²) in [6.07, 6.45) is 0.847. The lowest BCUT2D eigenvalue weighted by molar-refractivity contribution is -0.137. The van der Waals surface area contributed by atoms with Crippen LogP contribution in [0.2, 0.25) is 0 Å². The zero-order valence-corrected chi connectivity index (χ0v) is 25.3. The van der Waals surface area contributed by atoms with Crippen LogP contribution < -0.4 is 24.4 Å². The maximum absolute atomic E-state index is 13.1. The predicted octanol–water partition coefficient (Wildman–Crippen LogP) is 4.74. The van der Waals surface area contributed by atoms with Gasteiger partial charge in [-0.1, -0.05) is 36.4 Å². The molecule has 1 unspecified atom stereocenters. The van der Waals surface area contributed by atoms with Gasteiger partial charge in [0.2, 0.25) is 0 Å². The number of amides is 2. The number of para-hydroxylation sites is 1. The highest BCUT2D eigenvalue weighted by molar-refractivity contribution is 7.90. The van der Waals surface area contributed by atoms with Crippen LogP contribution in [0.15, 0.2) is 72.8 Å². The summed E-state index contributed by atoms with van der Waals surface area (Å²) in [5.41, 5.74) is -3.86. The lowest BCUT2D eigenvalue weighted by atomic mass is 10.1. The second-order valence-electron chi connectivity index (χ2n) is 10.4. The molecule has 0 spiro atoms. The molecular formula is C31H32F3N3O8S. The van der Waals surface area contributed by atoms with Crippen molar-refractivity contribution in [3.05, 3.63) is 83.9 Å². The van der Waals surface area contributed by atoms with E-state index in [0.29, 0.717) is 18.0 Å². The quantitative estimate of drug-likeness (QED) is 0.208. The minimum atomic E-state index is -6.01. The number of anilines is 2. The van der Waals surface area contributed by atoms with Gasteiger partial charge in [0.1, 0.15) is 5.75 Å². The number of hydrogen-bond acceptors (Lipinski definition) is 8. The topological polar surface area (TPSA) is 151 Å². The van der Waals surface area contributed by atoms with Crippen LogP contribution in [-0.2, 0) is 26.0 Å². The molecule has 0 saturated carbocycles. The molecule has 1 aliphatic rings. The van der Waals surface area contributed by atoms with E-state index in [4.69, 9.17) is 14.6 Å². The normalized spacial score (nSPS) is 14.5. The highest BCUT2D eigenvalue weighted by atomic mass is 32.2. The van der Waals surface area contributed by atoms with Crippen molar-refractivity contribution in [2.75, 3.05) is 29.9 Å². The number of ether oxygens (including phenoxy) is 2. The molecule has 0 aromatic heterocycles. The van der Waals surface area contributed by atoms with Gasteiger partial charge in [0, 0.05) is 18.5 Å². The summed E-state index contributed by atoms with van der Waals surface area (Å²) in [4.78, 5) is 38.3. The number of unbranched alkanes of at least 4 members (excludes halogenated alkanes) is 1. The number of fused-ring (bicyclic) bond motifs is 1. The molecule has 1 heterocycles. The van der Waals surface area contributed by atoms with Crippen molar-refractivity contribution >= 4 is 39.2 Å². The Labute approximate surface area is 263 Å². The lowest BCUT2D eigenvalue weighted by Gasteiger charge is -2.36. The monoisotopic (exact) mass is 663 g/mol. The van der Waals surface area contributed by atoms with Crippen LogP contribution in [0.25, 0.3) is 0 Å². The van der Waals surface area contributed by atoms with Crippen LogP contribution in [0.5, 0.6) is 11.5 Å². The number of carbonyl (C=O) groups is 3. The molecule has 11 nitrogen and oxygen atoms in total. The second kappa shape index (κ2) is 15.0. The molecule has 3 aromatic carbocycles. The molecule has 46 heavy (non-hydrogen) atoms. The Balaban J connectivity index is 1.43. The maximum atomic E-state index is 13.1. The number of hydrogen-bond donors (Lipinski definition) is 3. The van der Waals surface area contributed by atoms with Crippen molar-refractivity contribution in [1.82, 2.24) is 4.72 Å². The van der Waals surface area contributed by atoms with Gasteiger partial charge in [0.15, 0.2) is 11.9 Å². The number of aliphatic carboxylic acids is 1. The molecule has 15 heteroatoms. The zero-order chi connectivity index (χ0) is 33.3. The molecule has 1 aliphatic heterocycles. The number of halogens is 3. The van der Waals surface area contributed by atoms with E-state index < -0.39 is 39.4 Å². The highest BCUT2D eigenvalue weighted by Crippen LogP contribution is 2.40. The molecule has 246 valence electrons. The van der Waals surface area contributed by atoms with E-state index in [1.807, 2.05) is 18.2 Å². The van der Waals surface area contributed by atoms with Gasteiger partial charge in [0.05, 0.1) is 24.5 Å². The van der Waals surface area contributed by atoms with Crippen LogP contribution in [0.4, 0.5) is 24.5 Å². The molecule has 0 saturated heterocycles. The number of carboxylic acids is 1. The van der Waals surface area contributed by atoms with E-state index in [1.165, 1.54) is 16.5 Å². The number of nitrogens with zero attached hydrogens (tertiary/aromatic N) is 1. The molecule has 4 rings (SSSR count). The van der Waals surface area contributed by atoms with Crippen LogP contribution in [-0.4, -0.2) is 62.6 Å². The summed E-state index contributed by atoms with van der Waals surface area (Å²) in [5, 5.41) is 11.7. The smallest absolute Gasteiger partial charge is 0.494 e. The van der Waals surface area contributed by atoms with Gasteiger partial charge >= 0.3 is 21.5 Å². The van der Waals surface area contributed by atoms with Crippen LogP contribution in [0.1, 0.15) is 41.6 Å². The van der Waals surface area contributed by atoms with Gasteiger partial charge in [-0.2, -0.15) is 21.6 Å². The van der Waals surface area contributed by atoms with Crippen molar-refractivity contribution in [3.8, 4) is 11.5 Å². The fourth-order valence-electron chi connectivity index (χ4n) is 4.66. The Morgan fingerprint density at radius 1 is 0.957 bits per heavy atom. The Morgan fingerprint density at radius 2 is 1.67 bits per heavy atom. The molecule has 3 aromatic rings. The van der Waals surface area contributed by atoms with Gasteiger partial charge in [-0.25, -0.2) is 4.72 Å². The molecule has 2 amide bonds. The van der Waals surface area contributed by atoms with Crippen molar-refractivity contribution < 1.29 is 50.6 Å². The third-order valence-corrected chi connectivity index (χ3v) is 8.05. The number of sulfonamides is 1. The number of benzene rings is 3. The molecule has 0 radical (unpaired) electrons. The van der Waals surface area contributed by atoms with E-state index in [9.17, 15) is 36.0 Å². The maximum Gasteiger partial charge on any atom is 0.516 e. The van der Waals surface area contributed by atoms with Crippen molar-refractivity contribution in [1.29, 1.82) is 0 Å². The second-order valence-corrected chi connectivity index (χ2v) is 12.1. The zero-order valence-electron chi connectivity index (χ0n) is 24.5. The number of rotatable bonds is 14. The first-order valence-electron chi connectivity index (χ1n) is 14.3. The molecule has 3 N–H and O–H groups in total. The van der Waals surface area contributed by atoms with E-state index in [1.54, 1.807) is 36.4 Å². The predicted molar refractivity (Wildman–Crippen MR) is 162 cm³/mol. The molecule has 0 bridgehead atoms. The van der Waals surface area contributed by atoms with E-state index >= 15 is 0 Å². The summed E-state index contributed by atoms with van der Waals surface area (Å²) in [6.45, 7) is 0.161. The number of carbonyl (C=O) groups excluding carboxylic acids is 2. The standard InChI is InChI=1S/C31H32F3N3O8S/c32-31(33,34)46(42,43)36-30(41)26-20-37(18-7-13-27(38)39)25-12-6-11-24(28(25)45-26)35-29(40)22-14-16-23(17-15-22)44-19-5-4-10-21-8-2-1-3-9-21/h1-3,6,8-9,11-12,14-17,26H,4-5,7,10,13,18-20H2,(H,35,40)(H,36,41)(H,38,39). The summed E-state index contributed by atoms with van der Waals surface area (Å²) >= 11 is 0. The average Bonchev–Trinajstić information content (AvgIpc) is 3.01. The van der Waals surface area contributed by atoms with Crippen molar-refractivity contribution in [2.45, 2.75) is 43.7 Å². The Hall–Kier alpha value is -4.79. The largest absolute Gasteiger partial charge is 0.516 e. The number of carboxylic acid groups (broad SMARTS) is 1. The fraction of sp³-hybridized carbons (Fsp3) is 0.323. The third-order valence-electron chi connectivity index (χ3n) is 6.97. The molecule has 0 fully saturated rings. The number of aryl methyl sites for hydroxylation is 1. The van der Waals surface area contributed by atoms with Crippen LogP contribution >= 0.6 is 0 Å². The Bertz CT molecular complexity index is 1630. The number of nitrogens with one attached hydrogen (secondary N) is 2. The van der Waals surface area contributed by atoms with Gasteiger partial charge < -0.3 is 24.8 Å². The van der Waals surface area contributed by atoms with Crippen LogP contribution in [0, 0.1) is 0 Å². The summed E-state index contributed by atoms with van der Waals surface area (Å²) in [6, 6.07) is 21.0. The molecular weight excluding hydrogens is 631 g/mol. The minimum absolute atomic E-state index is 0.0452. The molecule has 1 atom stereocenters. The van der Waals surface area contributed by atoms with Gasteiger partial charge in [0.25, 0.3) is 11.8 Å². The van der Waals surface area contributed by atoms with Gasteiger partial charge in [-0.3, -0.25) is 14.4 Å². The first kappa shape index (κ1) is 34.1. The summed E-state index contributed by atoms with van der Waals surface area (Å²) in [7, 11) is -6.01. The van der Waals surface area contributed by atoms with E-state index in [-0.39, 0.29) is 42.9 Å². The van der Waals surface area contributed by atoms with Crippen molar-refractivity contribution in [2.24, 2.45) is 0 Å². The average molecular weight is 664 g/mol. The first-order chi connectivity index (χ1) is 21.8. The Morgan fingerprint density at radius 3 is 2.35 bits per heavy atom. The van der Waals surface area contributed by atoms with Gasteiger partial charge in [-0.05, 0) is 67.6 Å². The van der Waals surface area contributed by atoms with Crippen LogP contribution in [0.3, 0.4) is 0 Å². The molecule has 0 aliphatic carbocycles. The Kier molecular flexibility index (Phi) is 11.1. The summed E-state index contributed by atoms with van der Waals surface area (Å²) < 4.78 is 74.2. The lowest BCUT2D eigenvalue weighted by Crippen LogP contribution is -2.52.